The third-order valence-electron chi connectivity index (χ3n) is 0.817. The largest absolute Gasteiger partial charge is 0.508 e. The van der Waals surface area contributed by atoms with E-state index in [-0.39, 0.29) is 12.4 Å². The molecule has 0 saturated carbocycles. The molecule has 0 N–H and O–H groups in total. The van der Waals surface area contributed by atoms with Crippen LogP contribution < -0.4 is 0 Å². The fourth-order valence-corrected chi connectivity index (χ4v) is 0.388. The molecular weight excluding hydrogens is 148 g/mol. The van der Waals surface area contributed by atoms with Gasteiger partial charge in [0.15, 0.2) is 12.4 Å². The Labute approximate surface area is 65.5 Å². The molecule has 0 heterocycles. The summed E-state index contributed by atoms with van der Waals surface area (Å²) in [5.41, 5.74) is 0. The lowest BCUT2D eigenvalue weighted by Crippen LogP contribution is -2.12. The molecule has 0 aliphatic heterocycles. The molecule has 64 valence electrons. The van der Waals surface area contributed by atoms with Crippen LogP contribution in [0.4, 0.5) is 4.79 Å². The maximum atomic E-state index is 10.5. The van der Waals surface area contributed by atoms with E-state index in [0.717, 1.165) is 6.42 Å². The predicted molar refractivity (Wildman–Crippen MR) is 38.3 cm³/mol. The quantitative estimate of drug-likeness (QED) is 0.578. The van der Waals surface area contributed by atoms with E-state index in [4.69, 9.17) is 0 Å². The van der Waals surface area contributed by atoms with E-state index in [1.165, 1.54) is 6.92 Å². The second-order valence-electron chi connectivity index (χ2n) is 2.09. The molecule has 4 heteroatoms. The average molecular weight is 160 g/mol. The number of rotatable bonds is 4. The molecule has 0 amide bonds. The molecule has 11 heavy (non-hydrogen) atoms. The van der Waals surface area contributed by atoms with Gasteiger partial charge in [0.05, 0.1) is 6.61 Å². The number of hydrogen-bond acceptors (Lipinski definition) is 4. The SMILES string of the molecule is CCCOC(=O)OCC(C)=O. The van der Waals surface area contributed by atoms with Crippen molar-refractivity contribution in [1.29, 1.82) is 0 Å². The van der Waals surface area contributed by atoms with Crippen molar-refractivity contribution in [3.05, 3.63) is 0 Å². The van der Waals surface area contributed by atoms with Crippen LogP contribution in [0.15, 0.2) is 0 Å². The van der Waals surface area contributed by atoms with E-state index >= 15 is 0 Å². The van der Waals surface area contributed by atoms with Crippen molar-refractivity contribution < 1.29 is 19.1 Å². The van der Waals surface area contributed by atoms with E-state index in [1.54, 1.807) is 0 Å². The van der Waals surface area contributed by atoms with Gasteiger partial charge in [0.1, 0.15) is 0 Å². The Morgan fingerprint density at radius 3 is 2.36 bits per heavy atom. The van der Waals surface area contributed by atoms with Crippen molar-refractivity contribution in [3.8, 4) is 0 Å². The number of carbonyl (C=O) groups excluding carboxylic acids is 2. The fraction of sp³-hybridized carbons (Fsp3) is 0.714. The summed E-state index contributed by atoms with van der Waals surface area (Å²) >= 11 is 0. The highest BCUT2D eigenvalue weighted by Gasteiger charge is 2.03. The fourth-order valence-electron chi connectivity index (χ4n) is 0.388. The zero-order valence-corrected chi connectivity index (χ0v) is 6.75. The summed E-state index contributed by atoms with van der Waals surface area (Å²) in [5.74, 6) is -0.196. The summed E-state index contributed by atoms with van der Waals surface area (Å²) in [6.45, 7) is 3.34. The van der Waals surface area contributed by atoms with E-state index < -0.39 is 6.16 Å². The summed E-state index contributed by atoms with van der Waals surface area (Å²) in [7, 11) is 0. The van der Waals surface area contributed by atoms with Gasteiger partial charge >= 0.3 is 6.16 Å². The van der Waals surface area contributed by atoms with Gasteiger partial charge in [-0.25, -0.2) is 4.79 Å². The topological polar surface area (TPSA) is 52.6 Å². The second-order valence-corrected chi connectivity index (χ2v) is 2.09. The first-order chi connectivity index (χ1) is 5.16. The maximum Gasteiger partial charge on any atom is 0.508 e. The van der Waals surface area contributed by atoms with Crippen LogP contribution in [-0.4, -0.2) is 25.2 Å². The molecule has 0 fully saturated rings. The minimum Gasteiger partial charge on any atom is -0.434 e. The molecular formula is C7H12O4. The van der Waals surface area contributed by atoms with Gasteiger partial charge in [-0.3, -0.25) is 4.79 Å². The van der Waals surface area contributed by atoms with Crippen LogP contribution in [0.25, 0.3) is 0 Å². The van der Waals surface area contributed by atoms with Gasteiger partial charge in [-0.15, -0.1) is 0 Å². The molecule has 4 nitrogen and oxygen atoms in total. The lowest BCUT2D eigenvalue weighted by atomic mass is 10.5. The van der Waals surface area contributed by atoms with Crippen LogP contribution in [0.1, 0.15) is 20.3 Å². The van der Waals surface area contributed by atoms with Crippen molar-refractivity contribution in [2.75, 3.05) is 13.2 Å². The first-order valence-corrected chi connectivity index (χ1v) is 3.45. The number of Topliss-reactive ketones (excluding diaryl/α,β-unsaturated/α-hetero) is 1. The third-order valence-corrected chi connectivity index (χ3v) is 0.817. The van der Waals surface area contributed by atoms with Crippen molar-refractivity contribution >= 4 is 11.9 Å². The minimum atomic E-state index is -0.776. The third kappa shape index (κ3) is 6.83. The van der Waals surface area contributed by atoms with Gasteiger partial charge in [-0.05, 0) is 13.3 Å². The van der Waals surface area contributed by atoms with Gasteiger partial charge < -0.3 is 9.47 Å². The van der Waals surface area contributed by atoms with Gasteiger partial charge in [-0.2, -0.15) is 0 Å². The first kappa shape index (κ1) is 9.94. The highest BCUT2D eigenvalue weighted by atomic mass is 16.7. The average Bonchev–Trinajstić information content (AvgIpc) is 1.97. The molecule has 0 aromatic rings. The van der Waals surface area contributed by atoms with Crippen molar-refractivity contribution in [2.24, 2.45) is 0 Å². The molecule has 0 aliphatic rings. The summed E-state index contributed by atoms with van der Waals surface area (Å²) in [4.78, 5) is 20.8. The monoisotopic (exact) mass is 160 g/mol. The maximum absolute atomic E-state index is 10.5. The molecule has 0 saturated heterocycles. The molecule has 0 aromatic heterocycles. The second kappa shape index (κ2) is 5.70. The van der Waals surface area contributed by atoms with E-state index in [0.29, 0.717) is 6.61 Å². The van der Waals surface area contributed by atoms with Crippen molar-refractivity contribution in [3.63, 3.8) is 0 Å². The minimum absolute atomic E-state index is 0.196. The zero-order valence-electron chi connectivity index (χ0n) is 6.75. The van der Waals surface area contributed by atoms with Crippen LogP contribution in [0.5, 0.6) is 0 Å². The van der Waals surface area contributed by atoms with Gasteiger partial charge in [0, 0.05) is 0 Å². The summed E-state index contributed by atoms with van der Waals surface area (Å²) in [6.07, 6.45) is -0.0307. The van der Waals surface area contributed by atoms with Crippen LogP contribution >= 0.6 is 0 Å². The van der Waals surface area contributed by atoms with Crippen molar-refractivity contribution in [2.45, 2.75) is 20.3 Å². The first-order valence-electron chi connectivity index (χ1n) is 3.45. The molecule has 0 unspecified atom stereocenters. The number of ether oxygens (including phenoxy) is 2. The van der Waals surface area contributed by atoms with Gasteiger partial charge in [-0.1, -0.05) is 6.92 Å². The van der Waals surface area contributed by atoms with Crippen LogP contribution in [0, 0.1) is 0 Å². The van der Waals surface area contributed by atoms with Crippen LogP contribution in [-0.2, 0) is 14.3 Å². The Bertz CT molecular complexity index is 141. The Balaban J connectivity index is 3.30. The number of ketones is 1. The van der Waals surface area contributed by atoms with E-state index in [9.17, 15) is 9.59 Å². The molecule has 0 spiro atoms. The standard InChI is InChI=1S/C7H12O4/c1-3-4-10-7(9)11-5-6(2)8/h3-5H2,1-2H3. The Kier molecular flexibility index (Phi) is 5.15. The van der Waals surface area contributed by atoms with Crippen LogP contribution in [0.3, 0.4) is 0 Å². The Hall–Kier alpha value is -1.06. The lowest BCUT2D eigenvalue weighted by Gasteiger charge is -2.01. The highest BCUT2D eigenvalue weighted by molar-refractivity contribution is 5.78. The normalized spacial score (nSPS) is 8.91. The molecule has 0 radical (unpaired) electrons. The number of carbonyl (C=O) groups is 2. The molecule has 0 atom stereocenters. The smallest absolute Gasteiger partial charge is 0.434 e. The van der Waals surface area contributed by atoms with Gasteiger partial charge in [0.2, 0.25) is 0 Å². The predicted octanol–water partition coefficient (Wildman–Crippen LogP) is 1.14. The molecule has 0 bridgehead atoms. The summed E-state index contributed by atoms with van der Waals surface area (Å²) < 4.78 is 8.92. The summed E-state index contributed by atoms with van der Waals surface area (Å²) in [6, 6.07) is 0. The Morgan fingerprint density at radius 1 is 1.27 bits per heavy atom. The molecule has 0 aromatic carbocycles. The van der Waals surface area contributed by atoms with E-state index in [2.05, 4.69) is 9.47 Å². The highest BCUT2D eigenvalue weighted by Crippen LogP contribution is 1.87. The number of hydrogen-bond donors (Lipinski definition) is 0. The Morgan fingerprint density at radius 2 is 1.91 bits per heavy atom. The van der Waals surface area contributed by atoms with Gasteiger partial charge in [0.25, 0.3) is 0 Å². The lowest BCUT2D eigenvalue weighted by molar-refractivity contribution is -0.120. The summed E-state index contributed by atoms with van der Waals surface area (Å²) in [5, 5.41) is 0. The van der Waals surface area contributed by atoms with Crippen molar-refractivity contribution in [1.82, 2.24) is 0 Å². The molecule has 0 rings (SSSR count). The van der Waals surface area contributed by atoms with E-state index in [1.807, 2.05) is 6.92 Å². The zero-order chi connectivity index (χ0) is 8.69. The molecule has 0 aliphatic carbocycles. The van der Waals surface area contributed by atoms with Crippen LogP contribution in [0.2, 0.25) is 0 Å².